The van der Waals surface area contributed by atoms with Gasteiger partial charge in [0.25, 0.3) is 0 Å². The van der Waals surface area contributed by atoms with Crippen LogP contribution in [0.2, 0.25) is 0 Å². The van der Waals surface area contributed by atoms with Crippen LogP contribution in [0.1, 0.15) is 100 Å². The maximum atomic E-state index is 14.2. The topological polar surface area (TPSA) is 73.6 Å². The highest BCUT2D eigenvalue weighted by Gasteiger charge is 2.52. The molecule has 0 radical (unpaired) electrons. The van der Waals surface area contributed by atoms with Gasteiger partial charge in [0.05, 0.1) is 116 Å². The summed E-state index contributed by atoms with van der Waals surface area (Å²) in [5.74, 6) is 1.64. The summed E-state index contributed by atoms with van der Waals surface area (Å²) in [6, 6.07) is 7.68. The van der Waals surface area contributed by atoms with Gasteiger partial charge in [-0.05, 0) is 84.9 Å². The van der Waals surface area contributed by atoms with Crippen molar-refractivity contribution in [3.8, 4) is 5.75 Å². The average molecular weight is 2270 g/mol. The van der Waals surface area contributed by atoms with Crippen molar-refractivity contribution in [2.24, 2.45) is 0 Å². The number of rotatable bonds is 15. The van der Waals surface area contributed by atoms with E-state index in [2.05, 4.69) is 36.4 Å². The summed E-state index contributed by atoms with van der Waals surface area (Å²) < 4.78 is 715. The Hall–Kier alpha value is -12.2. The van der Waals surface area contributed by atoms with Crippen molar-refractivity contribution in [3.05, 3.63) is 335 Å². The minimum Gasteiger partial charge on any atom is -0.497 e. The van der Waals surface area contributed by atoms with Crippen molar-refractivity contribution in [3.63, 3.8) is 0 Å². The molecule has 1 aromatic heterocycles. The third kappa shape index (κ3) is 30.0. The van der Waals surface area contributed by atoms with E-state index in [1.54, 1.807) is 56.0 Å². The molecular weight excluding hydrogens is 2210 g/mol. The molecule has 0 amide bonds. The summed E-state index contributed by atoms with van der Waals surface area (Å²) in [6.45, 7) is 0. The molecule has 0 atom stereocenters. The molecule has 58 heteroatoms. The summed E-state index contributed by atoms with van der Waals surface area (Å²) in [6.07, 6.45) is -103. The number of halogens is 48. The lowest BCUT2D eigenvalue weighted by Gasteiger charge is -2.46. The number of benzene rings is 11. The van der Waals surface area contributed by atoms with E-state index in [-0.39, 0.29) is 0 Å². The normalized spacial score (nSPS) is 13.7. The molecule has 11 aromatic carbocycles. The number of hydrogen-bond donors (Lipinski definition) is 0. The van der Waals surface area contributed by atoms with Gasteiger partial charge < -0.3 is 9.15 Å². The zero-order valence-electron chi connectivity index (χ0n) is 74.3. The average Bonchev–Trinajstić information content (AvgIpc) is 0.707. The Bertz CT molecular complexity index is 5890. The molecule has 0 aliphatic heterocycles. The first-order valence-electron chi connectivity index (χ1n) is 40.4. The van der Waals surface area contributed by atoms with Crippen molar-refractivity contribution in [2.75, 3.05) is 32.1 Å². The molecule has 0 aliphatic carbocycles. The van der Waals surface area contributed by atoms with E-state index >= 15 is 0 Å². The zero-order valence-corrected chi connectivity index (χ0v) is 76.8. The highest BCUT2D eigenvalue weighted by Crippen LogP contribution is 2.48. The molecule has 0 unspecified atom stereocenters. The van der Waals surface area contributed by atoms with Crippen molar-refractivity contribution in [1.82, 2.24) is 0 Å². The summed E-state index contributed by atoms with van der Waals surface area (Å²) in [5, 5.41) is 0.798. The molecule has 0 aliphatic rings. The van der Waals surface area contributed by atoms with Crippen molar-refractivity contribution >= 4 is 98.6 Å². The fraction of sp³-hybridized carbons (Fsp3) is 0.250. The molecule has 0 spiro atoms. The fourth-order valence-electron chi connectivity index (χ4n) is 15.7. The molecule has 0 fully saturated rings. The van der Waals surface area contributed by atoms with E-state index < -0.39 is 415 Å². The van der Waals surface area contributed by atoms with E-state index in [9.17, 15) is 224 Å². The minimum absolute atomic E-state index is 0.363. The second-order valence-corrected chi connectivity index (χ2v) is 41.1. The minimum atomic E-state index is -6.13. The van der Waals surface area contributed by atoms with Crippen molar-refractivity contribution in [1.29, 1.82) is 0 Å². The van der Waals surface area contributed by atoms with E-state index in [4.69, 9.17) is 9.15 Å². The maximum Gasteiger partial charge on any atom is 0.416 e. The lowest BCUT2D eigenvalue weighted by molar-refractivity contribution is -0.144. The third-order valence-electron chi connectivity index (χ3n) is 21.8. The first-order valence-corrected chi connectivity index (χ1v) is 46.3. The van der Waals surface area contributed by atoms with Gasteiger partial charge in [0.1, 0.15) is 60.2 Å². The molecule has 12 rings (SSSR count). The molecule has 0 saturated heterocycles. The molecule has 0 saturated carbocycles. The van der Waals surface area contributed by atoms with Crippen LogP contribution in [0.3, 0.4) is 0 Å². The largest absolute Gasteiger partial charge is 0.497 e. The highest BCUT2D eigenvalue weighted by atomic mass is 32.2. The molecule has 0 bridgehead atoms. The van der Waals surface area contributed by atoms with Gasteiger partial charge in [-0.15, -0.1) is 8.42 Å². The van der Waals surface area contributed by atoms with E-state index in [0.29, 0.717) is 22.8 Å². The fourth-order valence-corrected chi connectivity index (χ4v) is 18.5. The van der Waals surface area contributed by atoms with Crippen molar-refractivity contribution < 1.29 is 228 Å². The standard InChI is InChI=1S/2C32H12BF24.C15H17OS2.C13H15O4S/c2*34-25(35,36)13-1-14(26(37,38)39)6-21(5-13)33(22-7-15(27(40,41)42)2-16(8-22)28(43,44)45,23-9-17(29(46,47)48)3-18(10-23)30(49,50)51)24-11-19(31(52,53)54)4-20(12-24)32(55,56)57;1-18(2,16)12-13-8-10-15(11-9-13)17-14-6-4-3-5-7-14;1-16-10-4-5-11-9(8-18(2,3)15)6-13(14)17-12(11)7-10/h2*1-12H;3-11H,12H2,1-2H3;4-7H,8H2,1-3H3/q2*-1;2*+1. The van der Waals surface area contributed by atoms with Gasteiger partial charge in [0, 0.05) is 38.4 Å². The van der Waals surface area contributed by atoms with Crippen LogP contribution in [0.15, 0.2) is 243 Å². The monoisotopic (exact) mass is 2270 g/mol. The zero-order chi connectivity index (χ0) is 114. The molecule has 0 N–H and O–H groups in total. The predicted octanol–water partition coefficient (Wildman–Crippen LogP) is 28.6. The van der Waals surface area contributed by atoms with Crippen LogP contribution in [-0.4, -0.2) is 44.4 Å². The lowest BCUT2D eigenvalue weighted by atomic mass is 9.12. The molecule has 1 heterocycles. The first-order chi connectivity index (χ1) is 67.4. The third-order valence-corrected chi connectivity index (χ3v) is 24.9. The second-order valence-electron chi connectivity index (χ2n) is 33.6. The number of methoxy groups -OCH3 is 1. The SMILES string of the molecule is COc1ccc2c(C[S+](C)(C)=O)cc(=O)oc2c1.C[S+](C)(=O)Cc1ccc(Sc2ccccc2)cc1.FC(F)(F)c1cc([B-](c2cc(C(F)(F)F)cc(C(F)(F)F)c2)(c2cc(C(F)(F)F)cc(C(F)(F)F)c2)c2cc(C(F)(F)F)cc(C(F)(F)F)c2)cc(C(F)(F)F)c1.FC(F)(F)c1cc([B-](c2cc(C(F)(F)F)cc(C(F)(F)F)c2)(c2cc(C(F)(F)F)cc(C(F)(F)F)c2)c2cc(C(F)(F)F)cc(C(F)(F)F)c2)cc(C(F)(F)F)c1. The maximum absolute atomic E-state index is 14.2. The number of ether oxygens (including phenoxy) is 1. The second kappa shape index (κ2) is 41.8. The van der Waals surface area contributed by atoms with Crippen LogP contribution < -0.4 is 54.1 Å². The van der Waals surface area contributed by atoms with Gasteiger partial charge in [0.2, 0.25) is 0 Å². The van der Waals surface area contributed by atoms with Crippen LogP contribution >= 0.6 is 11.8 Å². The van der Waals surface area contributed by atoms with E-state index in [1.165, 1.54) is 15.9 Å². The van der Waals surface area contributed by atoms with Crippen LogP contribution in [0.5, 0.6) is 5.75 Å². The smallest absolute Gasteiger partial charge is 0.416 e. The quantitative estimate of drug-likeness (QED) is 0.0441. The Morgan fingerprint density at radius 3 is 0.600 bits per heavy atom. The van der Waals surface area contributed by atoms with Crippen LogP contribution in [0.4, 0.5) is 211 Å². The summed E-state index contributed by atoms with van der Waals surface area (Å²) in [4.78, 5) is 13.9. The molecule has 150 heavy (non-hydrogen) atoms. The summed E-state index contributed by atoms with van der Waals surface area (Å²) in [5.41, 5.74) is -58.5. The number of hydrogen-bond acceptors (Lipinski definition) is 6. The lowest BCUT2D eigenvalue weighted by Crippen LogP contribution is -2.75. The van der Waals surface area contributed by atoms with E-state index in [1.807, 2.05) is 24.3 Å². The van der Waals surface area contributed by atoms with Crippen LogP contribution in [0, 0.1) is 0 Å². The van der Waals surface area contributed by atoms with Gasteiger partial charge >= 0.3 is 104 Å². The van der Waals surface area contributed by atoms with Gasteiger partial charge in [0.15, 0.2) is 0 Å². The molecular formula is C92H56B2F48O5S3. The molecule has 12 aromatic rings. The Morgan fingerprint density at radius 1 is 0.240 bits per heavy atom. The Kier molecular flexibility index (Phi) is 33.8. The Balaban J connectivity index is 0.000000249. The summed E-state index contributed by atoms with van der Waals surface area (Å²) >= 11 is 1.74. The first kappa shape index (κ1) is 121. The van der Waals surface area contributed by atoms with Crippen LogP contribution in [-0.2, 0) is 139 Å². The van der Waals surface area contributed by atoms with Gasteiger partial charge in [-0.2, -0.15) is 254 Å². The predicted molar refractivity (Wildman–Crippen MR) is 453 cm³/mol. The number of fused-ring (bicyclic) bond motifs is 1. The highest BCUT2D eigenvalue weighted by molar-refractivity contribution is 8.01. The summed E-state index contributed by atoms with van der Waals surface area (Å²) in [7, 11) is -2.12. The van der Waals surface area contributed by atoms with Gasteiger partial charge in [-0.1, -0.05) is 139 Å². The van der Waals surface area contributed by atoms with Crippen LogP contribution in [0.25, 0.3) is 11.0 Å². The Morgan fingerprint density at radius 2 is 0.427 bits per heavy atom. The van der Waals surface area contributed by atoms with Crippen molar-refractivity contribution in [2.45, 2.75) is 120 Å². The van der Waals surface area contributed by atoms with Gasteiger partial charge in [-0.3, -0.25) is 0 Å². The molecule has 5 nitrogen and oxygen atoms in total. The Labute approximate surface area is 816 Å². The van der Waals surface area contributed by atoms with Gasteiger partial charge in [-0.25, -0.2) is 4.79 Å². The molecule has 814 valence electrons. The van der Waals surface area contributed by atoms with E-state index in [0.717, 1.165) is 16.5 Å². The number of alkyl halides is 48.